The summed E-state index contributed by atoms with van der Waals surface area (Å²) in [7, 11) is 1.16. The molecule has 30 heavy (non-hydrogen) atoms. The third-order valence-electron chi connectivity index (χ3n) is 3.89. The molecule has 0 aromatic heterocycles. The van der Waals surface area contributed by atoms with Crippen LogP contribution in [-0.2, 0) is 14.8 Å². The normalized spacial score (nSPS) is 11.2. The standard InChI is InChI=1S/C19H20ClNO8S/c1-26-14-10-15(27-2)13(9-12(14)20)21-30(24,25)17-8-11(5-6-18(22)23)7-16(28-3)19(17)29-4/h5-10,21H,1-4H3,(H,22,23)/b6-5+. The molecular weight excluding hydrogens is 438 g/mol. The van der Waals surface area contributed by atoms with E-state index in [4.69, 9.17) is 35.7 Å². The van der Waals surface area contributed by atoms with Crippen LogP contribution in [0, 0.1) is 0 Å². The smallest absolute Gasteiger partial charge is 0.328 e. The highest BCUT2D eigenvalue weighted by atomic mass is 35.5. The molecule has 0 spiro atoms. The molecular formula is C19H20ClNO8S. The molecule has 2 N–H and O–H groups in total. The van der Waals surface area contributed by atoms with Crippen LogP contribution in [0.4, 0.5) is 5.69 Å². The van der Waals surface area contributed by atoms with Crippen LogP contribution in [0.2, 0.25) is 5.02 Å². The molecule has 0 aliphatic rings. The van der Waals surface area contributed by atoms with E-state index in [2.05, 4.69) is 4.72 Å². The van der Waals surface area contributed by atoms with Gasteiger partial charge in [-0.05, 0) is 29.8 Å². The van der Waals surface area contributed by atoms with Crippen LogP contribution in [0.5, 0.6) is 23.0 Å². The Morgan fingerprint density at radius 3 is 2.13 bits per heavy atom. The molecule has 0 saturated carbocycles. The molecule has 11 heteroatoms. The molecule has 0 atom stereocenters. The summed E-state index contributed by atoms with van der Waals surface area (Å²) in [6.45, 7) is 0. The number of rotatable bonds is 9. The van der Waals surface area contributed by atoms with Crippen molar-refractivity contribution >= 4 is 39.4 Å². The fourth-order valence-electron chi connectivity index (χ4n) is 2.55. The number of sulfonamides is 1. The maximum atomic E-state index is 13.2. The maximum absolute atomic E-state index is 13.2. The average molecular weight is 458 g/mol. The van der Waals surface area contributed by atoms with Crippen molar-refractivity contribution in [1.82, 2.24) is 0 Å². The van der Waals surface area contributed by atoms with Crippen molar-refractivity contribution in [3.8, 4) is 23.0 Å². The minimum absolute atomic E-state index is 0.0592. The van der Waals surface area contributed by atoms with Crippen LogP contribution >= 0.6 is 11.6 Å². The van der Waals surface area contributed by atoms with Gasteiger partial charge in [-0.15, -0.1) is 0 Å². The molecule has 0 amide bonds. The molecule has 0 radical (unpaired) electrons. The van der Waals surface area contributed by atoms with Crippen molar-refractivity contribution in [3.63, 3.8) is 0 Å². The number of halogens is 1. The number of ether oxygens (including phenoxy) is 4. The number of aliphatic carboxylic acids is 1. The Bertz CT molecular complexity index is 1080. The molecule has 2 rings (SSSR count). The van der Waals surface area contributed by atoms with E-state index in [1.54, 1.807) is 0 Å². The van der Waals surface area contributed by atoms with E-state index < -0.39 is 16.0 Å². The number of benzene rings is 2. The van der Waals surface area contributed by atoms with Crippen molar-refractivity contribution in [1.29, 1.82) is 0 Å². The van der Waals surface area contributed by atoms with Gasteiger partial charge in [-0.3, -0.25) is 4.72 Å². The molecule has 0 saturated heterocycles. The van der Waals surface area contributed by atoms with Gasteiger partial charge in [0, 0.05) is 12.1 Å². The number of hydrogen-bond donors (Lipinski definition) is 2. The summed E-state index contributed by atoms with van der Waals surface area (Å²) in [6.07, 6.45) is 2.10. The van der Waals surface area contributed by atoms with Crippen molar-refractivity contribution in [2.24, 2.45) is 0 Å². The van der Waals surface area contributed by atoms with Gasteiger partial charge in [0.05, 0.1) is 39.1 Å². The minimum atomic E-state index is -4.23. The number of hydrogen-bond acceptors (Lipinski definition) is 7. The Labute approximate surface area is 178 Å². The molecule has 0 unspecified atom stereocenters. The van der Waals surface area contributed by atoms with Crippen molar-refractivity contribution in [2.75, 3.05) is 33.2 Å². The fourth-order valence-corrected chi connectivity index (χ4v) is 4.07. The molecule has 0 fully saturated rings. The average Bonchev–Trinajstić information content (AvgIpc) is 2.71. The quantitative estimate of drug-likeness (QED) is 0.550. The maximum Gasteiger partial charge on any atom is 0.328 e. The van der Waals surface area contributed by atoms with Gasteiger partial charge in [-0.2, -0.15) is 0 Å². The fraction of sp³-hybridized carbons (Fsp3) is 0.211. The van der Waals surface area contributed by atoms with E-state index in [1.165, 1.54) is 58.8 Å². The van der Waals surface area contributed by atoms with E-state index in [1.807, 2.05) is 0 Å². The summed E-state index contributed by atoms with van der Waals surface area (Å²) in [5, 5.41) is 9.01. The molecule has 0 heterocycles. The number of carboxylic acids is 1. The Morgan fingerprint density at radius 2 is 1.60 bits per heavy atom. The van der Waals surface area contributed by atoms with Crippen molar-refractivity contribution in [3.05, 3.63) is 40.9 Å². The molecule has 162 valence electrons. The number of nitrogens with one attached hydrogen (secondary N) is 1. The molecule has 0 bridgehead atoms. The van der Waals surface area contributed by atoms with Crippen molar-refractivity contribution in [2.45, 2.75) is 4.90 Å². The first-order chi connectivity index (χ1) is 14.2. The van der Waals surface area contributed by atoms with E-state index in [9.17, 15) is 13.2 Å². The highest BCUT2D eigenvalue weighted by molar-refractivity contribution is 7.92. The summed E-state index contributed by atoms with van der Waals surface area (Å²) >= 11 is 6.11. The van der Waals surface area contributed by atoms with Crippen LogP contribution in [0.15, 0.2) is 35.2 Å². The SMILES string of the molecule is COc1cc(OC)c(NS(=O)(=O)c2cc(/C=C/C(=O)O)cc(OC)c2OC)cc1Cl. The molecule has 2 aromatic rings. The Kier molecular flexibility index (Phi) is 7.41. The van der Waals surface area contributed by atoms with Gasteiger partial charge in [-0.25, -0.2) is 13.2 Å². The van der Waals surface area contributed by atoms with Crippen LogP contribution in [-0.4, -0.2) is 47.9 Å². The van der Waals surface area contributed by atoms with Crippen LogP contribution < -0.4 is 23.7 Å². The number of carbonyl (C=O) groups is 1. The minimum Gasteiger partial charge on any atom is -0.495 e. The Morgan fingerprint density at radius 1 is 0.967 bits per heavy atom. The lowest BCUT2D eigenvalue weighted by Gasteiger charge is -2.17. The van der Waals surface area contributed by atoms with Gasteiger partial charge >= 0.3 is 5.97 Å². The largest absolute Gasteiger partial charge is 0.495 e. The van der Waals surface area contributed by atoms with E-state index in [0.29, 0.717) is 5.75 Å². The zero-order valence-electron chi connectivity index (χ0n) is 16.6. The predicted molar refractivity (Wildman–Crippen MR) is 112 cm³/mol. The first kappa shape index (κ1) is 23.2. The third kappa shape index (κ3) is 5.08. The topological polar surface area (TPSA) is 120 Å². The number of anilines is 1. The lowest BCUT2D eigenvalue weighted by atomic mass is 10.2. The summed E-state index contributed by atoms with van der Waals surface area (Å²) in [6, 6.07) is 5.47. The second kappa shape index (κ2) is 9.59. The monoisotopic (exact) mass is 457 g/mol. The zero-order valence-corrected chi connectivity index (χ0v) is 18.1. The summed E-state index contributed by atoms with van der Waals surface area (Å²) in [5.74, 6) is -0.671. The molecule has 0 aliphatic carbocycles. The first-order valence-corrected chi connectivity index (χ1v) is 10.1. The second-order valence-electron chi connectivity index (χ2n) is 5.72. The predicted octanol–water partition coefficient (Wildman–Crippen LogP) is 3.27. The molecule has 9 nitrogen and oxygen atoms in total. The lowest BCUT2D eigenvalue weighted by Crippen LogP contribution is -2.15. The summed E-state index contributed by atoms with van der Waals surface area (Å²) in [4.78, 5) is 10.5. The second-order valence-corrected chi connectivity index (χ2v) is 7.78. The molecule has 2 aromatic carbocycles. The lowest BCUT2D eigenvalue weighted by molar-refractivity contribution is -0.131. The summed E-state index contributed by atoms with van der Waals surface area (Å²) < 4.78 is 49.5. The van der Waals surface area contributed by atoms with Crippen LogP contribution in [0.3, 0.4) is 0 Å². The van der Waals surface area contributed by atoms with Crippen LogP contribution in [0.1, 0.15) is 5.56 Å². The Balaban J connectivity index is 2.62. The van der Waals surface area contributed by atoms with E-state index in [0.717, 1.165) is 6.08 Å². The number of carboxylic acid groups (broad SMARTS) is 1. The van der Waals surface area contributed by atoms with Gasteiger partial charge in [-0.1, -0.05) is 11.6 Å². The molecule has 0 aliphatic heterocycles. The van der Waals surface area contributed by atoms with E-state index >= 15 is 0 Å². The van der Waals surface area contributed by atoms with Gasteiger partial charge in [0.15, 0.2) is 11.5 Å². The highest BCUT2D eigenvalue weighted by Crippen LogP contribution is 2.40. The summed E-state index contributed by atoms with van der Waals surface area (Å²) in [5.41, 5.74) is 0.339. The van der Waals surface area contributed by atoms with Gasteiger partial charge < -0.3 is 24.1 Å². The third-order valence-corrected chi connectivity index (χ3v) is 5.56. The Hall–Kier alpha value is -3.11. The highest BCUT2D eigenvalue weighted by Gasteiger charge is 2.25. The first-order valence-electron chi connectivity index (χ1n) is 8.28. The van der Waals surface area contributed by atoms with Crippen LogP contribution in [0.25, 0.3) is 6.08 Å². The zero-order chi connectivity index (χ0) is 22.5. The van der Waals surface area contributed by atoms with Crippen molar-refractivity contribution < 1.29 is 37.3 Å². The number of methoxy groups -OCH3 is 4. The van der Waals surface area contributed by atoms with E-state index in [-0.39, 0.29) is 38.4 Å². The van der Waals surface area contributed by atoms with Gasteiger partial charge in [0.25, 0.3) is 10.0 Å². The van der Waals surface area contributed by atoms with Gasteiger partial charge in [0.2, 0.25) is 0 Å². The van der Waals surface area contributed by atoms with Gasteiger partial charge in [0.1, 0.15) is 16.4 Å².